The van der Waals surface area contributed by atoms with Crippen molar-refractivity contribution >= 4 is 41.0 Å². The molecule has 0 unspecified atom stereocenters. The number of ether oxygens (including phenoxy) is 1. The molecule has 1 aliphatic heterocycles. The molecule has 1 aromatic carbocycles. The van der Waals surface area contributed by atoms with E-state index in [2.05, 4.69) is 5.32 Å². The number of fused-ring (bicyclic) bond motifs is 1. The minimum absolute atomic E-state index is 0.203. The third kappa shape index (κ3) is 3.47. The summed E-state index contributed by atoms with van der Waals surface area (Å²) in [4.78, 5) is 24.6. The highest BCUT2D eigenvalue weighted by Crippen LogP contribution is 2.31. The molecule has 23 heavy (non-hydrogen) atoms. The molecule has 0 atom stereocenters. The fraction of sp³-hybridized carbons (Fsp3) is 0. The Labute approximate surface area is 135 Å². The molecular formula is C16H12N2O4S. The Hall–Kier alpha value is -2.90. The summed E-state index contributed by atoms with van der Waals surface area (Å²) in [5.41, 5.74) is 2.16. The molecule has 1 aliphatic rings. The average Bonchev–Trinajstić information content (AvgIpc) is 3.01. The summed E-state index contributed by atoms with van der Waals surface area (Å²) in [6.45, 7) is 0. The first-order valence-electron chi connectivity index (χ1n) is 6.67. The van der Waals surface area contributed by atoms with E-state index in [-0.39, 0.29) is 11.7 Å². The van der Waals surface area contributed by atoms with Crippen LogP contribution in [0.5, 0.6) is 5.75 Å². The zero-order chi connectivity index (χ0) is 16.2. The first-order chi connectivity index (χ1) is 11.2. The van der Waals surface area contributed by atoms with Crippen molar-refractivity contribution in [2.24, 2.45) is 0 Å². The molecule has 0 radical (unpaired) electrons. The summed E-state index contributed by atoms with van der Waals surface area (Å²) in [6, 6.07) is 10.8. The van der Waals surface area contributed by atoms with Gasteiger partial charge in [-0.05, 0) is 30.3 Å². The second-order valence-electron chi connectivity index (χ2n) is 4.61. The number of hydroxylamine groups is 1. The summed E-state index contributed by atoms with van der Waals surface area (Å²) in [7, 11) is 0. The van der Waals surface area contributed by atoms with E-state index in [0.29, 0.717) is 11.4 Å². The Balaban J connectivity index is 1.80. The number of carbonyl (C=O) groups is 2. The lowest BCUT2D eigenvalue weighted by Gasteiger charge is -2.19. The van der Waals surface area contributed by atoms with Gasteiger partial charge in [0.25, 0.3) is 11.8 Å². The summed E-state index contributed by atoms with van der Waals surface area (Å²) in [5.74, 6) is -0.123. The molecule has 7 heteroatoms. The highest BCUT2D eigenvalue weighted by molar-refractivity contribution is 7.13. The van der Waals surface area contributed by atoms with Crippen LogP contribution >= 0.6 is 11.3 Å². The maximum atomic E-state index is 12.0. The van der Waals surface area contributed by atoms with Crippen molar-refractivity contribution in [1.29, 1.82) is 0 Å². The Morgan fingerprint density at radius 1 is 1.22 bits per heavy atom. The van der Waals surface area contributed by atoms with E-state index in [9.17, 15) is 9.59 Å². The monoisotopic (exact) mass is 328 g/mol. The van der Waals surface area contributed by atoms with Gasteiger partial charge in [0.05, 0.1) is 5.69 Å². The van der Waals surface area contributed by atoms with Gasteiger partial charge in [0, 0.05) is 21.9 Å². The van der Waals surface area contributed by atoms with Crippen LogP contribution in [0.4, 0.5) is 5.69 Å². The fourth-order valence-electron chi connectivity index (χ4n) is 1.96. The zero-order valence-electron chi connectivity index (χ0n) is 11.8. The van der Waals surface area contributed by atoms with Crippen LogP contribution in [0, 0.1) is 0 Å². The molecule has 0 spiro atoms. The van der Waals surface area contributed by atoms with Gasteiger partial charge in [-0.2, -0.15) is 0 Å². The lowest BCUT2D eigenvalue weighted by atomic mass is 10.2. The molecule has 0 saturated heterocycles. The van der Waals surface area contributed by atoms with E-state index in [4.69, 9.17) is 9.94 Å². The molecule has 3 N–H and O–H groups in total. The molecule has 3 rings (SSSR count). The van der Waals surface area contributed by atoms with Gasteiger partial charge < -0.3 is 10.1 Å². The van der Waals surface area contributed by atoms with Crippen LogP contribution in [-0.2, 0) is 9.59 Å². The molecule has 116 valence electrons. The van der Waals surface area contributed by atoms with Crippen LogP contribution in [-0.4, -0.2) is 17.0 Å². The molecule has 1 aromatic heterocycles. The number of hydrogen-bond acceptors (Lipinski definition) is 5. The van der Waals surface area contributed by atoms with Crippen molar-refractivity contribution in [2.45, 2.75) is 0 Å². The molecule has 0 bridgehead atoms. The molecule has 2 aromatic rings. The number of carbonyl (C=O) groups excluding carboxylic acids is 2. The van der Waals surface area contributed by atoms with E-state index < -0.39 is 5.91 Å². The molecule has 6 nitrogen and oxygen atoms in total. The predicted octanol–water partition coefficient (Wildman–Crippen LogP) is 2.64. The summed E-state index contributed by atoms with van der Waals surface area (Å²) >= 11 is 1.38. The molecule has 0 fully saturated rings. The van der Waals surface area contributed by atoms with Gasteiger partial charge in [-0.25, -0.2) is 5.48 Å². The summed E-state index contributed by atoms with van der Waals surface area (Å²) in [5, 5.41) is 11.2. The highest BCUT2D eigenvalue weighted by atomic mass is 32.1. The van der Waals surface area contributed by atoms with E-state index in [1.165, 1.54) is 22.9 Å². The number of para-hydroxylation sites is 2. The van der Waals surface area contributed by atoms with Crippen LogP contribution in [0.3, 0.4) is 0 Å². The number of hydrogen-bond donors (Lipinski definition) is 3. The van der Waals surface area contributed by atoms with Crippen LogP contribution < -0.4 is 15.5 Å². The number of anilines is 1. The van der Waals surface area contributed by atoms with Crippen molar-refractivity contribution in [3.8, 4) is 5.75 Å². The van der Waals surface area contributed by atoms with Gasteiger partial charge in [0.1, 0.15) is 0 Å². The number of benzene rings is 1. The third-order valence-corrected chi connectivity index (χ3v) is 4.01. The number of amides is 2. The molecular weight excluding hydrogens is 316 g/mol. The second kappa shape index (κ2) is 6.47. The van der Waals surface area contributed by atoms with Crippen LogP contribution in [0.1, 0.15) is 9.75 Å². The standard InChI is InChI=1S/C16H12N2O4S/c19-15(18-21)8-7-10-5-6-11(23-10)9-14-16(20)17-12-3-1-2-4-13(12)22-14/h1-9,21H,(H,17,20)(H,18,19)/b8-7+,14-9-. The Morgan fingerprint density at radius 2 is 2.00 bits per heavy atom. The van der Waals surface area contributed by atoms with Crippen molar-refractivity contribution in [3.05, 3.63) is 58.0 Å². The average molecular weight is 328 g/mol. The Kier molecular flexibility index (Phi) is 4.22. The van der Waals surface area contributed by atoms with Crippen molar-refractivity contribution < 1.29 is 19.5 Å². The Bertz CT molecular complexity index is 823. The van der Waals surface area contributed by atoms with Crippen LogP contribution in [0.2, 0.25) is 0 Å². The Morgan fingerprint density at radius 3 is 2.83 bits per heavy atom. The SMILES string of the molecule is O=C(/C=C/c1ccc(/C=C2\Oc3ccccc3NC2=O)s1)NO. The van der Waals surface area contributed by atoms with E-state index in [0.717, 1.165) is 9.75 Å². The number of thiophene rings is 1. The second-order valence-corrected chi connectivity index (χ2v) is 5.76. The molecule has 2 amide bonds. The maximum Gasteiger partial charge on any atom is 0.291 e. The van der Waals surface area contributed by atoms with Crippen LogP contribution in [0.25, 0.3) is 12.2 Å². The first-order valence-corrected chi connectivity index (χ1v) is 7.49. The minimum atomic E-state index is -0.607. The van der Waals surface area contributed by atoms with E-state index in [1.54, 1.807) is 30.4 Å². The van der Waals surface area contributed by atoms with Gasteiger partial charge in [-0.15, -0.1) is 11.3 Å². The van der Waals surface area contributed by atoms with E-state index in [1.807, 2.05) is 18.2 Å². The highest BCUT2D eigenvalue weighted by Gasteiger charge is 2.21. The summed E-state index contributed by atoms with van der Waals surface area (Å²) in [6.07, 6.45) is 4.41. The maximum absolute atomic E-state index is 12.0. The quantitative estimate of drug-likeness (QED) is 0.459. The molecule has 0 saturated carbocycles. The smallest absolute Gasteiger partial charge is 0.291 e. The van der Waals surface area contributed by atoms with Crippen molar-refractivity contribution in [2.75, 3.05) is 5.32 Å². The van der Waals surface area contributed by atoms with Gasteiger partial charge in [-0.1, -0.05) is 12.1 Å². The molecule has 2 heterocycles. The van der Waals surface area contributed by atoms with Crippen molar-refractivity contribution in [1.82, 2.24) is 5.48 Å². The lowest BCUT2D eigenvalue weighted by Crippen LogP contribution is -2.23. The largest absolute Gasteiger partial charge is 0.449 e. The zero-order valence-corrected chi connectivity index (χ0v) is 12.6. The number of nitrogens with one attached hydrogen (secondary N) is 2. The normalized spacial score (nSPS) is 15.2. The topological polar surface area (TPSA) is 87.7 Å². The van der Waals surface area contributed by atoms with Gasteiger partial charge in [0.2, 0.25) is 0 Å². The predicted molar refractivity (Wildman–Crippen MR) is 87.0 cm³/mol. The van der Waals surface area contributed by atoms with Crippen LogP contribution in [0.15, 0.2) is 48.2 Å². The molecule has 0 aliphatic carbocycles. The van der Waals surface area contributed by atoms with Gasteiger partial charge >= 0.3 is 0 Å². The van der Waals surface area contributed by atoms with E-state index >= 15 is 0 Å². The summed E-state index contributed by atoms with van der Waals surface area (Å²) < 4.78 is 5.61. The third-order valence-electron chi connectivity index (χ3n) is 3.01. The lowest BCUT2D eigenvalue weighted by molar-refractivity contribution is -0.124. The van der Waals surface area contributed by atoms with Gasteiger partial charge in [-0.3, -0.25) is 14.8 Å². The fourth-order valence-corrected chi connectivity index (χ4v) is 2.81. The van der Waals surface area contributed by atoms with Crippen molar-refractivity contribution in [3.63, 3.8) is 0 Å². The number of rotatable bonds is 3. The van der Waals surface area contributed by atoms with Gasteiger partial charge in [0.15, 0.2) is 11.5 Å². The first kappa shape index (κ1) is 15.0. The minimum Gasteiger partial charge on any atom is -0.449 e.